The number of nitrogens with zero attached hydrogens (tertiary/aromatic N) is 3. The summed E-state index contributed by atoms with van der Waals surface area (Å²) in [7, 11) is 0. The molecule has 0 bridgehead atoms. The number of nitrogens with one attached hydrogen (secondary N) is 1. The molecule has 0 aliphatic heterocycles. The number of benzene rings is 1. The van der Waals surface area contributed by atoms with Crippen molar-refractivity contribution in [2.45, 2.75) is 5.16 Å². The molecular formula is C13H10N4OS2. The van der Waals surface area contributed by atoms with E-state index < -0.39 is 0 Å². The summed E-state index contributed by atoms with van der Waals surface area (Å²) in [5, 5.41) is 4.00. The molecule has 0 aliphatic rings. The molecule has 0 saturated carbocycles. The van der Waals surface area contributed by atoms with E-state index in [1.54, 1.807) is 18.5 Å². The number of carbonyl (C=O) groups excluding carboxylic acids is 1. The number of hydrogen-bond acceptors (Lipinski definition) is 6. The fraction of sp³-hybridized carbons (Fsp3) is 0.0769. The number of thioether (sulfide) groups is 1. The molecule has 2 aromatic heterocycles. The van der Waals surface area contributed by atoms with Crippen LogP contribution in [-0.4, -0.2) is 26.6 Å². The van der Waals surface area contributed by atoms with Gasteiger partial charge in [-0.1, -0.05) is 35.2 Å². The van der Waals surface area contributed by atoms with E-state index in [2.05, 4.69) is 20.3 Å². The van der Waals surface area contributed by atoms with Gasteiger partial charge in [-0.15, -0.1) is 0 Å². The van der Waals surface area contributed by atoms with E-state index >= 15 is 0 Å². The molecule has 0 spiro atoms. The first-order valence-electron chi connectivity index (χ1n) is 5.86. The average molecular weight is 302 g/mol. The molecule has 0 atom stereocenters. The summed E-state index contributed by atoms with van der Waals surface area (Å²) < 4.78 is 1.06. The summed E-state index contributed by atoms with van der Waals surface area (Å²) in [6, 6.07) is 9.53. The minimum Gasteiger partial charge on any atom is -0.301 e. The summed E-state index contributed by atoms with van der Waals surface area (Å²) >= 11 is 2.76. The van der Waals surface area contributed by atoms with Gasteiger partial charge in [-0.2, -0.15) is 0 Å². The molecule has 20 heavy (non-hydrogen) atoms. The number of thiazole rings is 1. The van der Waals surface area contributed by atoms with Crippen molar-refractivity contribution in [3.05, 3.63) is 42.7 Å². The first kappa shape index (κ1) is 13.0. The van der Waals surface area contributed by atoms with Crippen LogP contribution in [0.1, 0.15) is 0 Å². The minimum atomic E-state index is -0.110. The molecule has 2 heterocycles. The Morgan fingerprint density at radius 2 is 2.00 bits per heavy atom. The van der Waals surface area contributed by atoms with E-state index in [0.29, 0.717) is 10.3 Å². The van der Waals surface area contributed by atoms with E-state index in [1.165, 1.54) is 23.1 Å². The third-order valence-electron chi connectivity index (χ3n) is 2.41. The van der Waals surface area contributed by atoms with Crippen LogP contribution in [0.15, 0.2) is 47.9 Å². The Labute approximate surface area is 123 Å². The fourth-order valence-electron chi connectivity index (χ4n) is 1.57. The predicted octanol–water partition coefficient (Wildman–Crippen LogP) is 2.82. The van der Waals surface area contributed by atoms with E-state index in [0.717, 1.165) is 10.2 Å². The summed E-state index contributed by atoms with van der Waals surface area (Å²) in [6.45, 7) is 0. The lowest BCUT2D eigenvalue weighted by molar-refractivity contribution is -0.113. The third kappa shape index (κ3) is 3.12. The summed E-state index contributed by atoms with van der Waals surface area (Å²) in [5.74, 6) is 0.154. The van der Waals surface area contributed by atoms with Gasteiger partial charge in [0.2, 0.25) is 5.91 Å². The SMILES string of the molecule is O=C(CSc1ncccn1)Nc1nc2ccccc2s1. The Morgan fingerprint density at radius 3 is 2.80 bits per heavy atom. The fourth-order valence-corrected chi connectivity index (χ4v) is 3.06. The highest BCUT2D eigenvalue weighted by Crippen LogP contribution is 2.25. The Balaban J connectivity index is 1.61. The lowest BCUT2D eigenvalue weighted by Gasteiger charge is -2.00. The van der Waals surface area contributed by atoms with Crippen molar-refractivity contribution in [1.82, 2.24) is 15.0 Å². The zero-order valence-electron chi connectivity index (χ0n) is 10.3. The largest absolute Gasteiger partial charge is 0.301 e. The number of aromatic nitrogens is 3. The topological polar surface area (TPSA) is 67.8 Å². The first-order valence-corrected chi connectivity index (χ1v) is 7.67. The normalized spacial score (nSPS) is 10.6. The van der Waals surface area contributed by atoms with Crippen LogP contribution >= 0.6 is 23.1 Å². The highest BCUT2D eigenvalue weighted by Gasteiger charge is 2.08. The molecule has 0 radical (unpaired) electrons. The molecule has 0 saturated heterocycles. The van der Waals surface area contributed by atoms with Gasteiger partial charge >= 0.3 is 0 Å². The number of fused-ring (bicyclic) bond motifs is 1. The van der Waals surface area contributed by atoms with Crippen molar-refractivity contribution in [3.63, 3.8) is 0 Å². The van der Waals surface area contributed by atoms with Gasteiger partial charge in [0.1, 0.15) is 0 Å². The van der Waals surface area contributed by atoms with Gasteiger partial charge in [0.15, 0.2) is 10.3 Å². The standard InChI is InChI=1S/C13H10N4OS2/c18-11(8-19-12-14-6-3-7-15-12)17-13-16-9-4-1-2-5-10(9)20-13/h1-7H,8H2,(H,16,17,18). The lowest BCUT2D eigenvalue weighted by atomic mass is 10.3. The van der Waals surface area contributed by atoms with Crippen LogP contribution in [-0.2, 0) is 4.79 Å². The van der Waals surface area contributed by atoms with Gasteiger partial charge in [-0.3, -0.25) is 4.79 Å². The van der Waals surface area contributed by atoms with E-state index in [4.69, 9.17) is 0 Å². The van der Waals surface area contributed by atoms with Crippen molar-refractivity contribution in [3.8, 4) is 0 Å². The number of anilines is 1. The second-order valence-electron chi connectivity index (χ2n) is 3.85. The van der Waals surface area contributed by atoms with Crippen LogP contribution in [0, 0.1) is 0 Å². The molecule has 5 nitrogen and oxygen atoms in total. The maximum absolute atomic E-state index is 11.8. The third-order valence-corrected chi connectivity index (χ3v) is 4.24. The lowest BCUT2D eigenvalue weighted by Crippen LogP contribution is -2.13. The predicted molar refractivity (Wildman–Crippen MR) is 81.0 cm³/mol. The molecule has 0 unspecified atom stereocenters. The Kier molecular flexibility index (Phi) is 3.89. The van der Waals surface area contributed by atoms with Gasteiger partial charge in [0.25, 0.3) is 0 Å². The minimum absolute atomic E-state index is 0.110. The zero-order chi connectivity index (χ0) is 13.8. The van der Waals surface area contributed by atoms with Gasteiger partial charge in [0, 0.05) is 12.4 Å². The van der Waals surface area contributed by atoms with Crippen LogP contribution in [0.3, 0.4) is 0 Å². The van der Waals surface area contributed by atoms with Gasteiger partial charge in [-0.25, -0.2) is 15.0 Å². The van der Waals surface area contributed by atoms with Crippen molar-refractivity contribution >= 4 is 44.4 Å². The second kappa shape index (κ2) is 5.98. The van der Waals surface area contributed by atoms with Crippen molar-refractivity contribution < 1.29 is 4.79 Å². The number of para-hydroxylation sites is 1. The van der Waals surface area contributed by atoms with Crippen LogP contribution in [0.4, 0.5) is 5.13 Å². The summed E-state index contributed by atoms with van der Waals surface area (Å²) in [6.07, 6.45) is 3.31. The molecule has 0 fully saturated rings. The first-order chi connectivity index (χ1) is 9.81. The summed E-state index contributed by atoms with van der Waals surface area (Å²) in [5.41, 5.74) is 0.895. The van der Waals surface area contributed by atoms with Crippen molar-refractivity contribution in [2.24, 2.45) is 0 Å². The average Bonchev–Trinajstić information content (AvgIpc) is 2.88. The molecule has 1 aromatic carbocycles. The summed E-state index contributed by atoms with van der Waals surface area (Å²) in [4.78, 5) is 24.3. The van der Waals surface area contributed by atoms with Crippen LogP contribution < -0.4 is 5.32 Å². The Hall–Kier alpha value is -1.99. The van der Waals surface area contributed by atoms with Crippen LogP contribution in [0.25, 0.3) is 10.2 Å². The number of amides is 1. The zero-order valence-corrected chi connectivity index (χ0v) is 11.9. The highest BCUT2D eigenvalue weighted by molar-refractivity contribution is 7.99. The molecule has 7 heteroatoms. The Bertz CT molecular complexity index is 696. The second-order valence-corrected chi connectivity index (χ2v) is 5.83. The van der Waals surface area contributed by atoms with Gasteiger partial charge in [0.05, 0.1) is 16.0 Å². The van der Waals surface area contributed by atoms with E-state index in [1.807, 2.05) is 24.3 Å². The molecule has 3 rings (SSSR count). The van der Waals surface area contributed by atoms with Gasteiger partial charge < -0.3 is 5.32 Å². The maximum atomic E-state index is 11.8. The molecule has 1 amide bonds. The van der Waals surface area contributed by atoms with Crippen LogP contribution in [0.5, 0.6) is 0 Å². The smallest absolute Gasteiger partial charge is 0.236 e. The molecule has 3 aromatic rings. The van der Waals surface area contributed by atoms with Crippen molar-refractivity contribution in [2.75, 3.05) is 11.1 Å². The number of rotatable bonds is 4. The molecular weight excluding hydrogens is 292 g/mol. The Morgan fingerprint density at radius 1 is 1.20 bits per heavy atom. The van der Waals surface area contributed by atoms with E-state index in [9.17, 15) is 4.79 Å². The van der Waals surface area contributed by atoms with Crippen LogP contribution in [0.2, 0.25) is 0 Å². The molecule has 0 aliphatic carbocycles. The maximum Gasteiger partial charge on any atom is 0.236 e. The number of hydrogen-bond donors (Lipinski definition) is 1. The molecule has 100 valence electrons. The monoisotopic (exact) mass is 302 g/mol. The highest BCUT2D eigenvalue weighted by atomic mass is 32.2. The molecule has 1 N–H and O–H groups in total. The van der Waals surface area contributed by atoms with E-state index in [-0.39, 0.29) is 11.7 Å². The van der Waals surface area contributed by atoms with Crippen molar-refractivity contribution in [1.29, 1.82) is 0 Å². The number of carbonyl (C=O) groups is 1. The quantitative estimate of drug-likeness (QED) is 0.593. The van der Waals surface area contributed by atoms with Gasteiger partial charge in [-0.05, 0) is 18.2 Å².